The van der Waals surface area contributed by atoms with Gasteiger partial charge in [0.05, 0.1) is 11.3 Å². The molecule has 0 atom stereocenters. The van der Waals surface area contributed by atoms with E-state index in [1.807, 2.05) is 17.5 Å². The van der Waals surface area contributed by atoms with Gasteiger partial charge in [-0.25, -0.2) is 0 Å². The van der Waals surface area contributed by atoms with E-state index in [-0.39, 0.29) is 18.1 Å². The number of rotatable bonds is 4. The maximum Gasteiger partial charge on any atom is 0.234 e. The molecule has 4 nitrogen and oxygen atoms in total. The first kappa shape index (κ1) is 9.72. The fraction of sp³-hybridized carbons (Fsp3) is 0.364. The third kappa shape index (κ3) is 1.90. The first-order valence-electron chi connectivity index (χ1n) is 5.22. The predicted octanol–water partition coefficient (Wildman–Crippen LogP) is 2.32. The highest BCUT2D eigenvalue weighted by atomic mass is 32.1. The van der Waals surface area contributed by atoms with Crippen molar-refractivity contribution in [1.29, 1.82) is 0 Å². The Balaban J connectivity index is 1.75. The van der Waals surface area contributed by atoms with Crippen LogP contribution in [0.3, 0.4) is 0 Å². The molecule has 1 fully saturated rings. The molecular formula is C11H10N2O2S. The molecule has 0 bridgehead atoms. The molecule has 0 aliphatic heterocycles. The highest BCUT2D eigenvalue weighted by Gasteiger charge is 2.30. The Kier molecular flexibility index (Phi) is 2.32. The fourth-order valence-corrected chi connectivity index (χ4v) is 2.18. The fourth-order valence-electron chi connectivity index (χ4n) is 1.53. The summed E-state index contributed by atoms with van der Waals surface area (Å²) in [4.78, 5) is 16.7. The highest BCUT2D eigenvalue weighted by Crippen LogP contribution is 2.31. The molecule has 0 amide bonds. The quantitative estimate of drug-likeness (QED) is 0.814. The molecular weight excluding hydrogens is 224 g/mol. The summed E-state index contributed by atoms with van der Waals surface area (Å²) in [5.41, 5.74) is 0. The number of carbonyl (C=O) groups is 1. The van der Waals surface area contributed by atoms with Crippen LogP contribution in [0.25, 0.3) is 10.7 Å². The standard InChI is InChI=1S/C11H10N2O2S/c14-8(7-3-4-7)6-10-12-11(13-15-10)9-2-1-5-16-9/h1-2,5,7H,3-4,6H2. The number of hydrogen-bond acceptors (Lipinski definition) is 5. The van der Waals surface area contributed by atoms with E-state index in [2.05, 4.69) is 10.1 Å². The Hall–Kier alpha value is -1.49. The molecule has 0 aromatic carbocycles. The molecule has 5 heteroatoms. The lowest BCUT2D eigenvalue weighted by molar-refractivity contribution is -0.119. The van der Waals surface area contributed by atoms with E-state index >= 15 is 0 Å². The summed E-state index contributed by atoms with van der Waals surface area (Å²) in [6, 6.07) is 3.87. The van der Waals surface area contributed by atoms with E-state index in [1.54, 1.807) is 11.3 Å². The van der Waals surface area contributed by atoms with Crippen molar-refractivity contribution in [3.05, 3.63) is 23.4 Å². The van der Waals surface area contributed by atoms with Crippen LogP contribution in [0.4, 0.5) is 0 Å². The van der Waals surface area contributed by atoms with Gasteiger partial charge in [-0.3, -0.25) is 4.79 Å². The smallest absolute Gasteiger partial charge is 0.234 e. The van der Waals surface area contributed by atoms with Crippen LogP contribution >= 0.6 is 11.3 Å². The van der Waals surface area contributed by atoms with Crippen LogP contribution in [0, 0.1) is 5.92 Å². The molecule has 3 rings (SSSR count). The van der Waals surface area contributed by atoms with Gasteiger partial charge in [0, 0.05) is 5.92 Å². The molecule has 1 aliphatic carbocycles. The molecule has 82 valence electrons. The third-order valence-electron chi connectivity index (χ3n) is 2.57. The lowest BCUT2D eigenvalue weighted by Crippen LogP contribution is -2.04. The van der Waals surface area contributed by atoms with Gasteiger partial charge in [-0.2, -0.15) is 4.98 Å². The lowest BCUT2D eigenvalue weighted by Gasteiger charge is -1.90. The second-order valence-electron chi connectivity index (χ2n) is 3.91. The van der Waals surface area contributed by atoms with Gasteiger partial charge in [-0.1, -0.05) is 11.2 Å². The third-order valence-corrected chi connectivity index (χ3v) is 3.43. The summed E-state index contributed by atoms with van der Waals surface area (Å²) in [7, 11) is 0. The minimum atomic E-state index is 0.223. The summed E-state index contributed by atoms with van der Waals surface area (Å²) < 4.78 is 5.06. The molecule has 2 aromatic heterocycles. The van der Waals surface area contributed by atoms with Crippen LogP contribution in [0.2, 0.25) is 0 Å². The number of ketones is 1. The largest absolute Gasteiger partial charge is 0.338 e. The summed E-state index contributed by atoms with van der Waals surface area (Å²) >= 11 is 1.56. The van der Waals surface area contributed by atoms with Crippen molar-refractivity contribution in [3.8, 4) is 10.7 Å². The van der Waals surface area contributed by atoms with Gasteiger partial charge in [0.25, 0.3) is 0 Å². The van der Waals surface area contributed by atoms with Crippen LogP contribution in [0.1, 0.15) is 18.7 Å². The Morgan fingerprint density at radius 2 is 2.44 bits per heavy atom. The van der Waals surface area contributed by atoms with Crippen LogP contribution in [-0.4, -0.2) is 15.9 Å². The number of hydrogen-bond donors (Lipinski definition) is 0. The van der Waals surface area contributed by atoms with Crippen molar-refractivity contribution >= 4 is 17.1 Å². The summed E-state index contributed by atoms with van der Waals surface area (Å²) in [6.07, 6.45) is 2.32. The number of aromatic nitrogens is 2. The van der Waals surface area contributed by atoms with Gasteiger partial charge in [-0.05, 0) is 24.3 Å². The normalized spacial score (nSPS) is 15.2. The number of nitrogens with zero attached hydrogens (tertiary/aromatic N) is 2. The van der Waals surface area contributed by atoms with Crippen LogP contribution in [0.5, 0.6) is 0 Å². The van der Waals surface area contributed by atoms with E-state index in [9.17, 15) is 4.79 Å². The van der Waals surface area contributed by atoms with E-state index in [0.29, 0.717) is 11.7 Å². The molecule has 0 N–H and O–H groups in total. The second kappa shape index (κ2) is 3.83. The molecule has 0 spiro atoms. The number of Topliss-reactive ketones (excluding diaryl/α,β-unsaturated/α-hetero) is 1. The topological polar surface area (TPSA) is 56.0 Å². The van der Waals surface area contributed by atoms with Crippen molar-refractivity contribution < 1.29 is 9.32 Å². The van der Waals surface area contributed by atoms with E-state index in [0.717, 1.165) is 17.7 Å². The molecule has 2 aromatic rings. The van der Waals surface area contributed by atoms with Gasteiger partial charge < -0.3 is 4.52 Å². The Morgan fingerprint density at radius 3 is 3.12 bits per heavy atom. The van der Waals surface area contributed by atoms with Crippen molar-refractivity contribution in [3.63, 3.8) is 0 Å². The molecule has 2 heterocycles. The predicted molar refractivity (Wildman–Crippen MR) is 59.0 cm³/mol. The van der Waals surface area contributed by atoms with Crippen LogP contribution in [0.15, 0.2) is 22.0 Å². The SMILES string of the molecule is O=C(Cc1nc(-c2cccs2)no1)C1CC1. The van der Waals surface area contributed by atoms with Gasteiger partial charge in [0.2, 0.25) is 11.7 Å². The first-order chi connectivity index (χ1) is 7.83. The Bertz CT molecular complexity index is 500. The van der Waals surface area contributed by atoms with E-state index in [1.165, 1.54) is 0 Å². The maximum absolute atomic E-state index is 11.5. The molecule has 0 unspecified atom stereocenters. The lowest BCUT2D eigenvalue weighted by atomic mass is 10.2. The van der Waals surface area contributed by atoms with Crippen molar-refractivity contribution in [2.45, 2.75) is 19.3 Å². The number of thiophene rings is 1. The van der Waals surface area contributed by atoms with E-state index < -0.39 is 0 Å². The molecule has 1 aliphatic rings. The number of carbonyl (C=O) groups excluding carboxylic acids is 1. The van der Waals surface area contributed by atoms with Crippen molar-refractivity contribution in [2.75, 3.05) is 0 Å². The average Bonchev–Trinajstić information content (AvgIpc) is 2.80. The van der Waals surface area contributed by atoms with Gasteiger partial charge in [-0.15, -0.1) is 11.3 Å². The first-order valence-corrected chi connectivity index (χ1v) is 6.10. The molecule has 0 radical (unpaired) electrons. The summed E-state index contributed by atoms with van der Waals surface area (Å²) in [5, 5.41) is 5.82. The Labute approximate surface area is 96.3 Å². The average molecular weight is 234 g/mol. The second-order valence-corrected chi connectivity index (χ2v) is 4.85. The molecule has 1 saturated carbocycles. The zero-order valence-electron chi connectivity index (χ0n) is 8.55. The summed E-state index contributed by atoms with van der Waals surface area (Å²) in [5.74, 6) is 1.48. The highest BCUT2D eigenvalue weighted by molar-refractivity contribution is 7.13. The maximum atomic E-state index is 11.5. The van der Waals surface area contributed by atoms with Crippen LogP contribution < -0.4 is 0 Å². The van der Waals surface area contributed by atoms with Crippen molar-refractivity contribution in [2.24, 2.45) is 5.92 Å². The minimum absolute atomic E-state index is 0.223. The summed E-state index contributed by atoms with van der Waals surface area (Å²) in [6.45, 7) is 0. The zero-order valence-corrected chi connectivity index (χ0v) is 9.37. The monoisotopic (exact) mass is 234 g/mol. The van der Waals surface area contributed by atoms with Crippen molar-refractivity contribution in [1.82, 2.24) is 10.1 Å². The van der Waals surface area contributed by atoms with E-state index in [4.69, 9.17) is 4.52 Å². The Morgan fingerprint density at radius 1 is 1.56 bits per heavy atom. The molecule has 16 heavy (non-hydrogen) atoms. The minimum Gasteiger partial charge on any atom is -0.338 e. The zero-order chi connectivity index (χ0) is 11.0. The van der Waals surface area contributed by atoms with Crippen LogP contribution in [-0.2, 0) is 11.2 Å². The van der Waals surface area contributed by atoms with Gasteiger partial charge in [0.15, 0.2) is 0 Å². The van der Waals surface area contributed by atoms with Gasteiger partial charge in [0.1, 0.15) is 5.78 Å². The molecule has 0 saturated heterocycles. The van der Waals surface area contributed by atoms with Gasteiger partial charge >= 0.3 is 0 Å².